The van der Waals surface area contributed by atoms with Crippen molar-refractivity contribution in [1.29, 1.82) is 5.26 Å². The standard InChI is InChI=1S/C14H20N6O/c15-10-11-17-13(19-5-2-1-3-6-19)12-14(18-11)20(8-9-21)7-4-16-12/h16,21H,1-9H2. The molecule has 21 heavy (non-hydrogen) atoms. The van der Waals surface area contributed by atoms with Gasteiger partial charge in [0.25, 0.3) is 0 Å². The summed E-state index contributed by atoms with van der Waals surface area (Å²) in [5, 5.41) is 21.8. The zero-order valence-electron chi connectivity index (χ0n) is 12.0. The van der Waals surface area contributed by atoms with E-state index >= 15 is 0 Å². The number of hydrogen-bond donors (Lipinski definition) is 2. The van der Waals surface area contributed by atoms with Crippen molar-refractivity contribution in [2.45, 2.75) is 19.3 Å². The quantitative estimate of drug-likeness (QED) is 0.840. The summed E-state index contributed by atoms with van der Waals surface area (Å²) >= 11 is 0. The van der Waals surface area contributed by atoms with E-state index in [1.165, 1.54) is 6.42 Å². The second-order valence-corrected chi connectivity index (χ2v) is 5.37. The first-order valence-electron chi connectivity index (χ1n) is 7.50. The fourth-order valence-electron chi connectivity index (χ4n) is 2.97. The number of fused-ring (bicyclic) bond motifs is 1. The maximum atomic E-state index is 9.21. The van der Waals surface area contributed by atoms with E-state index < -0.39 is 0 Å². The number of aliphatic hydroxyl groups excluding tert-OH is 1. The van der Waals surface area contributed by atoms with Crippen LogP contribution < -0.4 is 15.1 Å². The van der Waals surface area contributed by atoms with Crippen molar-refractivity contribution < 1.29 is 5.11 Å². The third-order valence-corrected chi connectivity index (χ3v) is 3.98. The highest BCUT2D eigenvalue weighted by atomic mass is 16.3. The molecule has 2 aliphatic heterocycles. The van der Waals surface area contributed by atoms with Gasteiger partial charge in [0.05, 0.1) is 6.61 Å². The number of nitrogens with zero attached hydrogens (tertiary/aromatic N) is 5. The fraction of sp³-hybridized carbons (Fsp3) is 0.643. The molecule has 7 heteroatoms. The molecule has 0 aliphatic carbocycles. The Hall–Kier alpha value is -2.07. The maximum Gasteiger partial charge on any atom is 0.236 e. The molecule has 2 aliphatic rings. The predicted octanol–water partition coefficient (Wildman–Crippen LogP) is 0.563. The van der Waals surface area contributed by atoms with Crippen LogP contribution in [0.1, 0.15) is 25.1 Å². The molecular formula is C14H20N6O. The highest BCUT2D eigenvalue weighted by Crippen LogP contribution is 2.35. The molecule has 0 unspecified atom stereocenters. The van der Waals surface area contributed by atoms with Crippen LogP contribution in [0.3, 0.4) is 0 Å². The molecule has 0 aromatic carbocycles. The van der Waals surface area contributed by atoms with Gasteiger partial charge >= 0.3 is 0 Å². The van der Waals surface area contributed by atoms with Gasteiger partial charge in [0.15, 0.2) is 11.6 Å². The Morgan fingerprint density at radius 3 is 2.62 bits per heavy atom. The highest BCUT2D eigenvalue weighted by molar-refractivity contribution is 5.80. The van der Waals surface area contributed by atoms with Crippen molar-refractivity contribution in [3.05, 3.63) is 5.82 Å². The van der Waals surface area contributed by atoms with Crippen molar-refractivity contribution in [1.82, 2.24) is 9.97 Å². The minimum atomic E-state index is 0.0738. The number of nitrogens with one attached hydrogen (secondary N) is 1. The molecule has 3 rings (SSSR count). The van der Waals surface area contributed by atoms with E-state index in [0.717, 1.165) is 56.3 Å². The van der Waals surface area contributed by atoms with Gasteiger partial charge in [0, 0.05) is 32.7 Å². The molecule has 0 radical (unpaired) electrons. The first-order chi connectivity index (χ1) is 10.3. The lowest BCUT2D eigenvalue weighted by Gasteiger charge is -2.35. The van der Waals surface area contributed by atoms with Crippen LogP contribution in [0.2, 0.25) is 0 Å². The molecule has 0 spiro atoms. The zero-order chi connectivity index (χ0) is 14.7. The molecule has 1 aromatic heterocycles. The number of aliphatic hydroxyl groups is 1. The van der Waals surface area contributed by atoms with Gasteiger partial charge in [-0.3, -0.25) is 0 Å². The Labute approximate surface area is 124 Å². The molecule has 112 valence electrons. The summed E-state index contributed by atoms with van der Waals surface area (Å²) in [5.74, 6) is 1.77. The van der Waals surface area contributed by atoms with Crippen molar-refractivity contribution in [3.8, 4) is 6.07 Å². The Morgan fingerprint density at radius 1 is 1.14 bits per heavy atom. The van der Waals surface area contributed by atoms with Crippen LogP contribution in [0.5, 0.6) is 0 Å². The van der Waals surface area contributed by atoms with E-state index in [9.17, 15) is 10.4 Å². The Kier molecular flexibility index (Phi) is 4.06. The van der Waals surface area contributed by atoms with Gasteiger partial charge in [-0.1, -0.05) is 0 Å². The predicted molar refractivity (Wildman–Crippen MR) is 80.6 cm³/mol. The van der Waals surface area contributed by atoms with Gasteiger partial charge in [-0.25, -0.2) is 0 Å². The molecule has 0 bridgehead atoms. The number of hydrogen-bond acceptors (Lipinski definition) is 7. The normalized spacial score (nSPS) is 17.9. The van der Waals surface area contributed by atoms with Gasteiger partial charge in [-0.05, 0) is 19.3 Å². The lowest BCUT2D eigenvalue weighted by atomic mass is 10.1. The average molecular weight is 288 g/mol. The second kappa shape index (κ2) is 6.14. The lowest BCUT2D eigenvalue weighted by Crippen LogP contribution is -2.39. The SMILES string of the molecule is N#Cc1nc(N2CCCCC2)c2c(n1)N(CCO)CCN2. The largest absolute Gasteiger partial charge is 0.395 e. The topological polar surface area (TPSA) is 88.3 Å². The van der Waals surface area contributed by atoms with E-state index in [1.54, 1.807) is 0 Å². The van der Waals surface area contributed by atoms with Crippen molar-refractivity contribution in [2.24, 2.45) is 0 Å². The molecule has 7 nitrogen and oxygen atoms in total. The number of piperidine rings is 1. The Bertz CT molecular complexity index is 549. The van der Waals surface area contributed by atoms with Crippen LogP contribution >= 0.6 is 0 Å². The molecule has 2 N–H and O–H groups in total. The molecule has 0 saturated carbocycles. The highest BCUT2D eigenvalue weighted by Gasteiger charge is 2.26. The van der Waals surface area contributed by atoms with Crippen LogP contribution in [0.4, 0.5) is 17.3 Å². The summed E-state index contributed by atoms with van der Waals surface area (Å²) in [7, 11) is 0. The lowest BCUT2D eigenvalue weighted by molar-refractivity contribution is 0.301. The molecule has 3 heterocycles. The molecule has 1 aromatic rings. The molecule has 1 fully saturated rings. The molecule has 1 saturated heterocycles. The van der Waals surface area contributed by atoms with E-state index in [0.29, 0.717) is 6.54 Å². The number of β-amino-alcohol motifs (C(OH)–C–C–N with tert-alkyl or cyclic N) is 1. The zero-order valence-corrected chi connectivity index (χ0v) is 12.0. The number of nitriles is 1. The third-order valence-electron chi connectivity index (χ3n) is 3.98. The minimum absolute atomic E-state index is 0.0738. The summed E-state index contributed by atoms with van der Waals surface area (Å²) in [6.45, 7) is 4.10. The monoisotopic (exact) mass is 288 g/mol. The van der Waals surface area contributed by atoms with Crippen molar-refractivity contribution in [3.63, 3.8) is 0 Å². The summed E-state index contributed by atoms with van der Waals surface area (Å²) in [4.78, 5) is 13.0. The Balaban J connectivity index is 2.02. The van der Waals surface area contributed by atoms with Gasteiger partial charge < -0.3 is 20.2 Å². The molecule has 0 amide bonds. The average Bonchev–Trinajstić information content (AvgIpc) is 2.55. The van der Waals surface area contributed by atoms with Crippen molar-refractivity contribution in [2.75, 3.05) is 54.4 Å². The first-order valence-corrected chi connectivity index (χ1v) is 7.50. The van der Waals surface area contributed by atoms with Gasteiger partial charge in [-0.15, -0.1) is 0 Å². The molecular weight excluding hydrogens is 268 g/mol. The molecule has 0 atom stereocenters. The third kappa shape index (κ3) is 2.72. The van der Waals surface area contributed by atoms with Crippen molar-refractivity contribution >= 4 is 17.3 Å². The van der Waals surface area contributed by atoms with Gasteiger partial charge in [0.1, 0.15) is 11.8 Å². The first kappa shape index (κ1) is 13.9. The second-order valence-electron chi connectivity index (χ2n) is 5.37. The van der Waals surface area contributed by atoms with Gasteiger partial charge in [-0.2, -0.15) is 15.2 Å². The van der Waals surface area contributed by atoms with E-state index in [1.807, 2.05) is 4.90 Å². The van der Waals surface area contributed by atoms with Crippen LogP contribution in [0.15, 0.2) is 0 Å². The Morgan fingerprint density at radius 2 is 1.90 bits per heavy atom. The summed E-state index contributed by atoms with van der Waals surface area (Å²) in [6, 6.07) is 2.05. The number of anilines is 3. The maximum absolute atomic E-state index is 9.21. The van der Waals surface area contributed by atoms with E-state index in [2.05, 4.69) is 26.3 Å². The van der Waals surface area contributed by atoms with Gasteiger partial charge in [0.2, 0.25) is 5.82 Å². The van der Waals surface area contributed by atoms with Crippen LogP contribution in [0.25, 0.3) is 0 Å². The fourth-order valence-corrected chi connectivity index (χ4v) is 2.97. The van der Waals surface area contributed by atoms with Crippen LogP contribution in [0, 0.1) is 11.3 Å². The number of aromatic nitrogens is 2. The summed E-state index contributed by atoms with van der Waals surface area (Å²) in [6.07, 6.45) is 3.56. The minimum Gasteiger partial charge on any atom is -0.395 e. The van der Waals surface area contributed by atoms with Crippen LogP contribution in [-0.2, 0) is 0 Å². The summed E-state index contributed by atoms with van der Waals surface area (Å²) in [5.41, 5.74) is 0.899. The van der Waals surface area contributed by atoms with E-state index in [4.69, 9.17) is 0 Å². The smallest absolute Gasteiger partial charge is 0.236 e. The number of rotatable bonds is 3. The van der Waals surface area contributed by atoms with Crippen LogP contribution in [-0.4, -0.2) is 54.4 Å². The van der Waals surface area contributed by atoms with E-state index in [-0.39, 0.29) is 12.4 Å². The summed E-state index contributed by atoms with van der Waals surface area (Å²) < 4.78 is 0.